The van der Waals surface area contributed by atoms with Crippen LogP contribution in [-0.2, 0) is 17.5 Å². The van der Waals surface area contributed by atoms with Gasteiger partial charge in [-0.1, -0.05) is 24.3 Å². The molecule has 3 aromatic rings. The first kappa shape index (κ1) is 18.5. The van der Waals surface area contributed by atoms with Crippen LogP contribution in [0.3, 0.4) is 0 Å². The number of aromatic hydroxyl groups is 1. The Hall–Kier alpha value is -3.29. The topological polar surface area (TPSA) is 81.1 Å². The zero-order valence-electron chi connectivity index (χ0n) is 14.3. The number of phenolic OH excluding ortho intramolecular Hbond substituents is 1. The fourth-order valence-corrected chi connectivity index (χ4v) is 2.96. The summed E-state index contributed by atoms with van der Waals surface area (Å²) in [6.07, 6.45) is -1.81. The van der Waals surface area contributed by atoms with Gasteiger partial charge in [0.25, 0.3) is 0 Å². The number of carbonyl (C=O) groups is 1. The van der Waals surface area contributed by atoms with E-state index in [-0.39, 0.29) is 29.0 Å². The van der Waals surface area contributed by atoms with Crippen molar-refractivity contribution in [3.8, 4) is 28.0 Å². The number of hydrogen-bond acceptors (Lipinski definition) is 3. The lowest BCUT2D eigenvalue weighted by Crippen LogP contribution is -2.18. The Morgan fingerprint density at radius 2 is 1.93 bits per heavy atom. The molecule has 0 radical (unpaired) electrons. The first-order valence-corrected chi connectivity index (χ1v) is 7.98. The minimum absolute atomic E-state index is 0.0578. The number of alkyl halides is 3. The number of nitrogens with two attached hydrogens (primary N) is 1. The molecule has 0 saturated heterocycles. The number of carbonyl (C=O) groups excluding carboxylic acids is 1. The molecular weight excluding hydrogens is 359 g/mol. The van der Waals surface area contributed by atoms with Crippen LogP contribution in [0.2, 0.25) is 0 Å². The van der Waals surface area contributed by atoms with Gasteiger partial charge in [0.1, 0.15) is 12.3 Å². The number of phenols is 1. The van der Waals surface area contributed by atoms with E-state index in [0.717, 1.165) is 6.07 Å². The van der Waals surface area contributed by atoms with E-state index in [2.05, 4.69) is 5.10 Å². The van der Waals surface area contributed by atoms with Crippen LogP contribution in [0, 0.1) is 6.92 Å². The monoisotopic (exact) mass is 375 g/mol. The van der Waals surface area contributed by atoms with Gasteiger partial charge in [-0.2, -0.15) is 18.3 Å². The van der Waals surface area contributed by atoms with Crippen LogP contribution in [0.25, 0.3) is 22.3 Å². The molecule has 0 bridgehead atoms. The van der Waals surface area contributed by atoms with E-state index >= 15 is 0 Å². The van der Waals surface area contributed by atoms with Crippen molar-refractivity contribution in [1.82, 2.24) is 9.78 Å². The van der Waals surface area contributed by atoms with Gasteiger partial charge in [0.05, 0.1) is 11.8 Å². The summed E-state index contributed by atoms with van der Waals surface area (Å²) in [6.45, 7) is 1.37. The zero-order valence-corrected chi connectivity index (χ0v) is 14.3. The van der Waals surface area contributed by atoms with Crippen molar-refractivity contribution in [2.75, 3.05) is 0 Å². The Morgan fingerprint density at radius 3 is 2.56 bits per heavy atom. The Kier molecular flexibility index (Phi) is 4.65. The highest BCUT2D eigenvalue weighted by Gasteiger charge is 2.36. The molecule has 3 N–H and O–H groups in total. The van der Waals surface area contributed by atoms with Gasteiger partial charge in [0.15, 0.2) is 0 Å². The van der Waals surface area contributed by atoms with Gasteiger partial charge in [-0.25, -0.2) is 0 Å². The van der Waals surface area contributed by atoms with Crippen molar-refractivity contribution in [3.05, 3.63) is 59.9 Å². The van der Waals surface area contributed by atoms with E-state index in [1.807, 2.05) is 0 Å². The molecule has 1 aromatic heterocycles. The molecule has 8 heteroatoms. The summed E-state index contributed by atoms with van der Waals surface area (Å²) >= 11 is 0. The van der Waals surface area contributed by atoms with Crippen LogP contribution < -0.4 is 5.73 Å². The number of rotatable bonds is 4. The van der Waals surface area contributed by atoms with E-state index in [9.17, 15) is 23.1 Å². The highest BCUT2D eigenvalue weighted by molar-refractivity contribution is 5.88. The Labute approximate surface area is 152 Å². The van der Waals surface area contributed by atoms with Crippen molar-refractivity contribution in [2.45, 2.75) is 19.6 Å². The minimum Gasteiger partial charge on any atom is -0.507 e. The molecule has 1 heterocycles. The van der Waals surface area contributed by atoms with Crippen molar-refractivity contribution in [1.29, 1.82) is 0 Å². The van der Waals surface area contributed by atoms with Crippen LogP contribution in [0.4, 0.5) is 13.2 Å². The number of aromatic nitrogens is 2. The molecule has 27 heavy (non-hydrogen) atoms. The first-order chi connectivity index (χ1) is 12.7. The molecule has 2 aromatic carbocycles. The average Bonchev–Trinajstić information content (AvgIpc) is 3.01. The first-order valence-electron chi connectivity index (χ1n) is 7.98. The maximum absolute atomic E-state index is 13.8. The summed E-state index contributed by atoms with van der Waals surface area (Å²) in [4.78, 5) is 11.1. The van der Waals surface area contributed by atoms with Crippen LogP contribution in [0.1, 0.15) is 11.1 Å². The third-order valence-electron chi connectivity index (χ3n) is 4.02. The second-order valence-electron chi connectivity index (χ2n) is 6.14. The van der Waals surface area contributed by atoms with Gasteiger partial charge in [-0.15, -0.1) is 0 Å². The number of benzene rings is 2. The second kappa shape index (κ2) is 6.79. The summed E-state index contributed by atoms with van der Waals surface area (Å²) < 4.78 is 42.5. The van der Waals surface area contributed by atoms with Crippen LogP contribution in [0.15, 0.2) is 48.8 Å². The normalized spacial score (nSPS) is 11.6. The lowest BCUT2D eigenvalue weighted by atomic mass is 9.89. The predicted octanol–water partition coefficient (Wildman–Crippen LogP) is 3.74. The summed E-state index contributed by atoms with van der Waals surface area (Å²) in [5.74, 6) is -0.886. The number of primary amides is 1. The summed E-state index contributed by atoms with van der Waals surface area (Å²) in [6, 6.07) is 8.46. The quantitative estimate of drug-likeness (QED) is 0.729. The molecular formula is C19H16F3N3O2. The van der Waals surface area contributed by atoms with Gasteiger partial charge in [-0.05, 0) is 30.2 Å². The Bertz CT molecular complexity index is 1010. The number of aryl methyl sites for hydroxylation is 1. The fourth-order valence-electron chi connectivity index (χ4n) is 2.96. The molecule has 0 aliphatic heterocycles. The SMILES string of the molecule is Cc1cc(-c2cnn(CC(N)=O)c2)c(-c2ccccc2O)c(C(F)(F)F)c1. The average molecular weight is 375 g/mol. The molecule has 0 unspecified atom stereocenters. The third-order valence-corrected chi connectivity index (χ3v) is 4.02. The van der Waals surface area contributed by atoms with E-state index in [1.54, 1.807) is 19.1 Å². The highest BCUT2D eigenvalue weighted by Crippen LogP contribution is 2.45. The Balaban J connectivity index is 2.30. The fraction of sp³-hybridized carbons (Fsp3) is 0.158. The molecule has 0 aliphatic rings. The number of para-hydroxylation sites is 1. The summed E-state index contributed by atoms with van der Waals surface area (Å²) in [5, 5.41) is 14.2. The standard InChI is InChI=1S/C19H16F3N3O2/c1-11-6-14(12-8-24-25(9-12)10-17(23)27)18(15(7-11)19(20,21)22)13-4-2-3-5-16(13)26/h2-9,26H,10H2,1H3,(H2,23,27). The lowest BCUT2D eigenvalue weighted by Gasteiger charge is -2.19. The number of amides is 1. The zero-order chi connectivity index (χ0) is 19.8. The molecule has 0 saturated carbocycles. The van der Waals surface area contributed by atoms with Crippen molar-refractivity contribution < 1.29 is 23.1 Å². The van der Waals surface area contributed by atoms with Crippen LogP contribution in [0.5, 0.6) is 5.75 Å². The molecule has 140 valence electrons. The molecule has 0 aliphatic carbocycles. The van der Waals surface area contributed by atoms with E-state index in [0.29, 0.717) is 11.1 Å². The number of hydrogen-bond donors (Lipinski definition) is 2. The van der Waals surface area contributed by atoms with Crippen molar-refractivity contribution in [3.63, 3.8) is 0 Å². The van der Waals surface area contributed by atoms with E-state index in [4.69, 9.17) is 5.73 Å². The lowest BCUT2D eigenvalue weighted by molar-refractivity contribution is -0.137. The van der Waals surface area contributed by atoms with E-state index in [1.165, 1.54) is 35.3 Å². The van der Waals surface area contributed by atoms with Crippen molar-refractivity contribution >= 4 is 5.91 Å². The largest absolute Gasteiger partial charge is 0.507 e. The summed E-state index contributed by atoms with van der Waals surface area (Å²) in [7, 11) is 0. The highest BCUT2D eigenvalue weighted by atomic mass is 19.4. The maximum Gasteiger partial charge on any atom is 0.417 e. The molecule has 3 rings (SSSR count). The van der Waals surface area contributed by atoms with Gasteiger partial charge in [-0.3, -0.25) is 9.48 Å². The number of halogens is 3. The molecule has 5 nitrogen and oxygen atoms in total. The minimum atomic E-state index is -4.62. The Morgan fingerprint density at radius 1 is 1.22 bits per heavy atom. The van der Waals surface area contributed by atoms with Crippen LogP contribution in [-0.4, -0.2) is 20.8 Å². The van der Waals surface area contributed by atoms with Crippen molar-refractivity contribution in [2.24, 2.45) is 5.73 Å². The van der Waals surface area contributed by atoms with Gasteiger partial charge < -0.3 is 10.8 Å². The number of nitrogens with zero attached hydrogens (tertiary/aromatic N) is 2. The van der Waals surface area contributed by atoms with Gasteiger partial charge in [0, 0.05) is 22.9 Å². The van der Waals surface area contributed by atoms with Crippen LogP contribution >= 0.6 is 0 Å². The van der Waals surface area contributed by atoms with Gasteiger partial charge >= 0.3 is 6.18 Å². The third kappa shape index (κ3) is 3.79. The summed E-state index contributed by atoms with van der Waals surface area (Å²) in [5.41, 5.74) is 5.22. The predicted molar refractivity (Wildman–Crippen MR) is 93.7 cm³/mol. The molecule has 0 fully saturated rings. The molecule has 1 amide bonds. The smallest absolute Gasteiger partial charge is 0.417 e. The molecule has 0 atom stereocenters. The second-order valence-corrected chi connectivity index (χ2v) is 6.14. The van der Waals surface area contributed by atoms with Gasteiger partial charge in [0.2, 0.25) is 5.91 Å². The molecule has 0 spiro atoms. The van der Waals surface area contributed by atoms with E-state index < -0.39 is 17.6 Å². The maximum atomic E-state index is 13.8.